The Bertz CT molecular complexity index is 350. The molecule has 0 saturated carbocycles. The third kappa shape index (κ3) is 1.57. The SMILES string of the molecule is CC1(C)Cc2ccccc2C(C)(C)O1. The smallest absolute Gasteiger partial charge is 0.0885 e. The van der Waals surface area contributed by atoms with E-state index >= 15 is 0 Å². The van der Waals surface area contributed by atoms with Gasteiger partial charge in [0, 0.05) is 6.42 Å². The molecule has 0 amide bonds. The number of ether oxygens (including phenoxy) is 1. The van der Waals surface area contributed by atoms with Crippen LogP contribution < -0.4 is 0 Å². The molecule has 76 valence electrons. The van der Waals surface area contributed by atoms with Crippen molar-refractivity contribution in [1.82, 2.24) is 0 Å². The summed E-state index contributed by atoms with van der Waals surface area (Å²) in [6.07, 6.45) is 1.01. The lowest BCUT2D eigenvalue weighted by Crippen LogP contribution is -2.42. The van der Waals surface area contributed by atoms with E-state index in [-0.39, 0.29) is 11.2 Å². The first kappa shape index (κ1) is 9.72. The van der Waals surface area contributed by atoms with Crippen LogP contribution >= 0.6 is 0 Å². The third-order valence-electron chi connectivity index (χ3n) is 2.81. The Hall–Kier alpha value is -0.820. The topological polar surface area (TPSA) is 9.23 Å². The number of hydrogen-bond acceptors (Lipinski definition) is 1. The Labute approximate surface area is 86.1 Å². The summed E-state index contributed by atoms with van der Waals surface area (Å²) >= 11 is 0. The molecule has 0 spiro atoms. The Morgan fingerprint density at radius 1 is 1.07 bits per heavy atom. The molecule has 0 atom stereocenters. The van der Waals surface area contributed by atoms with E-state index in [2.05, 4.69) is 52.0 Å². The standard InChI is InChI=1S/C13H18O/c1-12(2)9-10-7-5-6-8-11(10)13(3,4)14-12/h5-8H,9H2,1-4H3. The summed E-state index contributed by atoms with van der Waals surface area (Å²) in [6.45, 7) is 8.61. The van der Waals surface area contributed by atoms with E-state index in [1.54, 1.807) is 0 Å². The van der Waals surface area contributed by atoms with Gasteiger partial charge in [-0.15, -0.1) is 0 Å². The highest BCUT2D eigenvalue weighted by Crippen LogP contribution is 2.39. The van der Waals surface area contributed by atoms with E-state index in [0.29, 0.717) is 0 Å². The van der Waals surface area contributed by atoms with Crippen LogP contribution in [-0.4, -0.2) is 5.60 Å². The summed E-state index contributed by atoms with van der Waals surface area (Å²) in [5.74, 6) is 0. The highest BCUT2D eigenvalue weighted by molar-refractivity contribution is 5.34. The van der Waals surface area contributed by atoms with Crippen LogP contribution in [0.3, 0.4) is 0 Å². The van der Waals surface area contributed by atoms with Crippen molar-refractivity contribution in [3.05, 3.63) is 35.4 Å². The van der Waals surface area contributed by atoms with Gasteiger partial charge in [-0.2, -0.15) is 0 Å². The molecule has 1 nitrogen and oxygen atoms in total. The van der Waals surface area contributed by atoms with Crippen LogP contribution in [0.15, 0.2) is 24.3 Å². The minimum absolute atomic E-state index is 0.0438. The molecule has 1 heteroatoms. The van der Waals surface area contributed by atoms with Gasteiger partial charge in [-0.3, -0.25) is 0 Å². The van der Waals surface area contributed by atoms with Gasteiger partial charge in [0.1, 0.15) is 0 Å². The summed E-state index contributed by atoms with van der Waals surface area (Å²) < 4.78 is 6.09. The maximum atomic E-state index is 6.09. The minimum Gasteiger partial charge on any atom is -0.365 e. The number of rotatable bonds is 0. The second kappa shape index (κ2) is 2.83. The van der Waals surface area contributed by atoms with Crippen LogP contribution in [-0.2, 0) is 16.8 Å². The van der Waals surface area contributed by atoms with Gasteiger partial charge in [0.05, 0.1) is 11.2 Å². The van der Waals surface area contributed by atoms with Gasteiger partial charge in [-0.1, -0.05) is 24.3 Å². The summed E-state index contributed by atoms with van der Waals surface area (Å²) in [5, 5.41) is 0. The highest BCUT2D eigenvalue weighted by atomic mass is 16.5. The van der Waals surface area contributed by atoms with Crippen molar-refractivity contribution in [1.29, 1.82) is 0 Å². The van der Waals surface area contributed by atoms with Crippen molar-refractivity contribution in [2.45, 2.75) is 45.3 Å². The molecule has 14 heavy (non-hydrogen) atoms. The molecule has 0 unspecified atom stereocenters. The Morgan fingerprint density at radius 2 is 1.71 bits per heavy atom. The molecule has 0 aliphatic carbocycles. The fourth-order valence-electron chi connectivity index (χ4n) is 2.50. The lowest BCUT2D eigenvalue weighted by molar-refractivity contribution is -0.138. The zero-order valence-corrected chi connectivity index (χ0v) is 9.42. The molecule has 1 heterocycles. The predicted octanol–water partition coefficient (Wildman–Crippen LogP) is 3.27. The van der Waals surface area contributed by atoms with Gasteiger partial charge in [0.2, 0.25) is 0 Å². The minimum atomic E-state index is -0.154. The average Bonchev–Trinajstić information content (AvgIpc) is 2.00. The van der Waals surface area contributed by atoms with E-state index in [4.69, 9.17) is 4.74 Å². The zero-order valence-electron chi connectivity index (χ0n) is 9.42. The molecular formula is C13H18O. The first-order valence-electron chi connectivity index (χ1n) is 5.19. The van der Waals surface area contributed by atoms with Gasteiger partial charge in [0.15, 0.2) is 0 Å². The van der Waals surface area contributed by atoms with E-state index in [9.17, 15) is 0 Å². The largest absolute Gasteiger partial charge is 0.365 e. The molecule has 0 aromatic heterocycles. The van der Waals surface area contributed by atoms with Crippen LogP contribution in [0.2, 0.25) is 0 Å². The summed E-state index contributed by atoms with van der Waals surface area (Å²) in [5.41, 5.74) is 2.56. The van der Waals surface area contributed by atoms with Crippen LogP contribution in [0.1, 0.15) is 38.8 Å². The number of hydrogen-bond donors (Lipinski definition) is 0. The van der Waals surface area contributed by atoms with Crippen molar-refractivity contribution >= 4 is 0 Å². The molecular weight excluding hydrogens is 172 g/mol. The number of fused-ring (bicyclic) bond motifs is 1. The summed E-state index contributed by atoms with van der Waals surface area (Å²) in [6, 6.07) is 8.57. The van der Waals surface area contributed by atoms with Crippen molar-refractivity contribution in [2.75, 3.05) is 0 Å². The van der Waals surface area contributed by atoms with E-state index in [1.807, 2.05) is 0 Å². The van der Waals surface area contributed by atoms with Crippen molar-refractivity contribution in [3.63, 3.8) is 0 Å². The molecule has 1 aromatic rings. The molecule has 1 aliphatic rings. The highest BCUT2D eigenvalue weighted by Gasteiger charge is 2.37. The zero-order chi connectivity index (χ0) is 10.4. The summed E-state index contributed by atoms with van der Waals surface area (Å²) in [4.78, 5) is 0. The normalized spacial score (nSPS) is 22.9. The molecule has 0 saturated heterocycles. The van der Waals surface area contributed by atoms with E-state index in [0.717, 1.165) is 6.42 Å². The second-order valence-electron chi connectivity index (χ2n) is 5.21. The Kier molecular flexibility index (Phi) is 1.97. The van der Waals surface area contributed by atoms with Crippen molar-refractivity contribution < 1.29 is 4.74 Å². The number of benzene rings is 1. The quantitative estimate of drug-likeness (QED) is 0.610. The lowest BCUT2D eigenvalue weighted by atomic mass is 9.83. The molecule has 0 fully saturated rings. The van der Waals surface area contributed by atoms with Gasteiger partial charge >= 0.3 is 0 Å². The van der Waals surface area contributed by atoms with Gasteiger partial charge in [-0.05, 0) is 38.8 Å². The van der Waals surface area contributed by atoms with Gasteiger partial charge in [0.25, 0.3) is 0 Å². The first-order valence-corrected chi connectivity index (χ1v) is 5.19. The predicted molar refractivity (Wildman–Crippen MR) is 58.3 cm³/mol. The van der Waals surface area contributed by atoms with Crippen molar-refractivity contribution in [2.24, 2.45) is 0 Å². The molecule has 2 rings (SSSR count). The molecule has 0 N–H and O–H groups in total. The maximum Gasteiger partial charge on any atom is 0.0885 e. The molecule has 0 radical (unpaired) electrons. The first-order chi connectivity index (χ1) is 6.41. The van der Waals surface area contributed by atoms with Gasteiger partial charge in [-0.25, -0.2) is 0 Å². The van der Waals surface area contributed by atoms with E-state index in [1.165, 1.54) is 11.1 Å². The maximum absolute atomic E-state index is 6.09. The van der Waals surface area contributed by atoms with Crippen LogP contribution in [0.25, 0.3) is 0 Å². The monoisotopic (exact) mass is 190 g/mol. The third-order valence-corrected chi connectivity index (χ3v) is 2.81. The van der Waals surface area contributed by atoms with Crippen LogP contribution in [0.4, 0.5) is 0 Å². The molecule has 0 bridgehead atoms. The second-order valence-corrected chi connectivity index (χ2v) is 5.21. The fraction of sp³-hybridized carbons (Fsp3) is 0.538. The van der Waals surface area contributed by atoms with Crippen LogP contribution in [0, 0.1) is 0 Å². The Balaban J connectivity index is 2.52. The lowest BCUT2D eigenvalue weighted by Gasteiger charge is -2.42. The average molecular weight is 190 g/mol. The van der Waals surface area contributed by atoms with Crippen LogP contribution in [0.5, 0.6) is 0 Å². The summed E-state index contributed by atoms with van der Waals surface area (Å²) in [7, 11) is 0. The Morgan fingerprint density at radius 3 is 2.43 bits per heavy atom. The molecule has 1 aliphatic heterocycles. The van der Waals surface area contributed by atoms with E-state index < -0.39 is 0 Å². The van der Waals surface area contributed by atoms with Crippen molar-refractivity contribution in [3.8, 4) is 0 Å². The molecule has 1 aromatic carbocycles. The fourth-order valence-corrected chi connectivity index (χ4v) is 2.50. The van der Waals surface area contributed by atoms with Gasteiger partial charge < -0.3 is 4.74 Å².